The summed E-state index contributed by atoms with van der Waals surface area (Å²) in [5.41, 5.74) is 4.81. The van der Waals surface area contributed by atoms with E-state index < -0.39 is 0 Å². The van der Waals surface area contributed by atoms with Crippen molar-refractivity contribution in [2.75, 3.05) is 32.5 Å². The number of hydrogen-bond donors (Lipinski definition) is 1. The number of anilines is 1. The first-order valence-electron chi connectivity index (χ1n) is 11.1. The number of benzene rings is 1. The van der Waals surface area contributed by atoms with Gasteiger partial charge in [0.1, 0.15) is 5.82 Å². The van der Waals surface area contributed by atoms with Gasteiger partial charge >= 0.3 is 0 Å². The lowest BCUT2D eigenvalue weighted by Gasteiger charge is -2.21. The molecule has 1 aliphatic rings. The lowest BCUT2D eigenvalue weighted by Crippen LogP contribution is -2.23. The minimum absolute atomic E-state index is 0.887. The lowest BCUT2D eigenvalue weighted by atomic mass is 10.0. The highest BCUT2D eigenvalue weighted by atomic mass is 32.2. The van der Waals surface area contributed by atoms with Gasteiger partial charge in [-0.3, -0.25) is 4.98 Å². The van der Waals surface area contributed by atoms with Crippen molar-refractivity contribution in [3.8, 4) is 0 Å². The Labute approximate surface area is 201 Å². The molecule has 1 aromatic carbocycles. The minimum Gasteiger partial charge on any atom is -0.373 e. The highest BCUT2D eigenvalue weighted by Crippen LogP contribution is 2.30. The molecule has 0 radical (unpaired) electrons. The van der Waals surface area contributed by atoms with E-state index in [4.69, 9.17) is 0 Å². The van der Waals surface area contributed by atoms with Gasteiger partial charge in [-0.2, -0.15) is 0 Å². The molecule has 0 fully saturated rings. The Morgan fingerprint density at radius 2 is 1.97 bits per heavy atom. The van der Waals surface area contributed by atoms with Crippen LogP contribution in [0.25, 0.3) is 27.3 Å². The third-order valence-corrected chi connectivity index (χ3v) is 6.39. The van der Waals surface area contributed by atoms with Crippen molar-refractivity contribution in [2.45, 2.75) is 13.3 Å². The van der Waals surface area contributed by atoms with Gasteiger partial charge in [0.05, 0.1) is 5.69 Å². The molecule has 170 valence electrons. The number of nitrogens with zero attached hydrogens (tertiary/aromatic N) is 3. The number of rotatable bonds is 6. The van der Waals surface area contributed by atoms with Gasteiger partial charge in [0.25, 0.3) is 0 Å². The van der Waals surface area contributed by atoms with Crippen molar-refractivity contribution >= 4 is 44.9 Å². The molecule has 3 aromatic rings. The molecule has 1 N–H and O–H groups in total. The van der Waals surface area contributed by atoms with Gasteiger partial charge in [-0.15, -0.1) is 0 Å². The predicted octanol–water partition coefficient (Wildman–Crippen LogP) is 6.96. The van der Waals surface area contributed by atoms with Gasteiger partial charge < -0.3 is 10.2 Å². The second kappa shape index (κ2) is 12.2. The van der Waals surface area contributed by atoms with E-state index in [1.165, 1.54) is 21.4 Å². The van der Waals surface area contributed by atoms with E-state index >= 15 is 0 Å². The van der Waals surface area contributed by atoms with Crippen LogP contribution in [0.3, 0.4) is 0 Å². The van der Waals surface area contributed by atoms with Crippen LogP contribution in [-0.2, 0) is 0 Å². The second-order valence-corrected chi connectivity index (χ2v) is 8.75. The zero-order valence-corrected chi connectivity index (χ0v) is 20.5. The fourth-order valence-electron chi connectivity index (χ4n) is 3.58. The van der Waals surface area contributed by atoms with E-state index in [0.717, 1.165) is 42.0 Å². The van der Waals surface area contributed by atoms with Gasteiger partial charge in [-0.05, 0) is 72.2 Å². The maximum absolute atomic E-state index is 4.40. The summed E-state index contributed by atoms with van der Waals surface area (Å²) >= 11 is 1.64. The average molecular weight is 457 g/mol. The van der Waals surface area contributed by atoms with E-state index in [1.54, 1.807) is 11.8 Å². The molecule has 0 spiro atoms. The molecule has 33 heavy (non-hydrogen) atoms. The first-order chi connectivity index (χ1) is 16.1. The Bertz CT molecular complexity index is 1180. The molecule has 0 bridgehead atoms. The van der Waals surface area contributed by atoms with Crippen LogP contribution < -0.4 is 5.32 Å². The Hall–Kier alpha value is -3.15. The van der Waals surface area contributed by atoms with Crippen LogP contribution in [0.15, 0.2) is 79.5 Å². The molecule has 3 heterocycles. The average Bonchev–Trinajstić information content (AvgIpc) is 2.87. The molecule has 0 saturated heterocycles. The summed E-state index contributed by atoms with van der Waals surface area (Å²) < 4.78 is 0. The molecule has 0 unspecified atom stereocenters. The van der Waals surface area contributed by atoms with Gasteiger partial charge in [-0.1, -0.05) is 55.3 Å². The highest BCUT2D eigenvalue weighted by Gasteiger charge is 2.10. The van der Waals surface area contributed by atoms with E-state index in [1.807, 2.05) is 43.9 Å². The smallest absolute Gasteiger partial charge is 0.126 e. The molecule has 0 amide bonds. The largest absolute Gasteiger partial charge is 0.373 e. The second-order valence-electron chi connectivity index (χ2n) is 7.74. The number of thioether (sulfide) groups is 1. The van der Waals surface area contributed by atoms with Crippen molar-refractivity contribution in [2.24, 2.45) is 0 Å². The molecule has 2 aromatic heterocycles. The minimum atomic E-state index is 0.887. The number of aromatic nitrogens is 2. The summed E-state index contributed by atoms with van der Waals surface area (Å²) in [6.07, 6.45) is 11.1. The first-order valence-corrected chi connectivity index (χ1v) is 11.9. The SMILES string of the molecule is C=CS/C(=C\C)c1ccc2cnc(NC)cc2c1.C=Cc1ccnc(C2=CCN(C)CC2)c1. The monoisotopic (exact) mass is 456 g/mol. The van der Waals surface area contributed by atoms with E-state index in [2.05, 4.69) is 82.9 Å². The van der Waals surface area contributed by atoms with Crippen LogP contribution in [0.2, 0.25) is 0 Å². The maximum Gasteiger partial charge on any atom is 0.126 e. The summed E-state index contributed by atoms with van der Waals surface area (Å²) in [7, 11) is 4.02. The normalized spacial score (nSPS) is 14.2. The summed E-state index contributed by atoms with van der Waals surface area (Å²) in [5, 5.41) is 7.25. The predicted molar refractivity (Wildman–Crippen MR) is 147 cm³/mol. The molecule has 0 aliphatic carbocycles. The fraction of sp³-hybridized carbons (Fsp3) is 0.214. The molecular formula is C28H32N4S. The molecule has 1 aliphatic heterocycles. The number of pyridine rings is 2. The molecule has 0 atom stereocenters. The van der Waals surface area contributed by atoms with Gasteiger partial charge in [0, 0.05) is 42.8 Å². The molecule has 5 heteroatoms. The number of allylic oxidation sites excluding steroid dienone is 1. The van der Waals surface area contributed by atoms with Crippen molar-refractivity contribution in [3.63, 3.8) is 0 Å². The van der Waals surface area contributed by atoms with Crippen molar-refractivity contribution in [1.82, 2.24) is 14.9 Å². The number of hydrogen-bond acceptors (Lipinski definition) is 5. The number of likely N-dealkylation sites (N-methyl/N-ethyl adjacent to an activating group) is 1. The molecule has 4 nitrogen and oxygen atoms in total. The summed E-state index contributed by atoms with van der Waals surface area (Å²) in [5.74, 6) is 0.887. The van der Waals surface area contributed by atoms with E-state index in [-0.39, 0.29) is 0 Å². The Balaban J connectivity index is 0.000000189. The van der Waals surface area contributed by atoms with Crippen molar-refractivity contribution < 1.29 is 0 Å². The topological polar surface area (TPSA) is 41.1 Å². The lowest BCUT2D eigenvalue weighted by molar-refractivity contribution is 0.370. The standard InChI is InChI=1S/C15H16N2S.C13H16N2/c1-4-14(18-5-2)11-6-7-12-10-17-15(16-3)9-13(12)8-11;1-3-11-4-7-14-13(10-11)12-5-8-15(2)9-6-12/h4-10H,2H2,1,3H3,(H,16,17);3-5,7,10H,1,6,8-9H2,2H3/b14-4-;. The Kier molecular flexibility index (Phi) is 9.04. The zero-order chi connectivity index (χ0) is 23.6. The summed E-state index contributed by atoms with van der Waals surface area (Å²) in [6.45, 7) is 11.7. The summed E-state index contributed by atoms with van der Waals surface area (Å²) in [6, 6.07) is 12.5. The van der Waals surface area contributed by atoms with Crippen molar-refractivity contribution in [1.29, 1.82) is 0 Å². The molecule has 4 rings (SSSR count). The molecular weight excluding hydrogens is 424 g/mol. The zero-order valence-electron chi connectivity index (χ0n) is 19.7. The Morgan fingerprint density at radius 3 is 2.64 bits per heavy atom. The van der Waals surface area contributed by atoms with Gasteiger partial charge in [0.15, 0.2) is 0 Å². The fourth-order valence-corrected chi connectivity index (χ4v) is 4.15. The van der Waals surface area contributed by atoms with Crippen LogP contribution in [0.1, 0.15) is 30.2 Å². The highest BCUT2D eigenvalue weighted by molar-refractivity contribution is 8.10. The van der Waals surface area contributed by atoms with Gasteiger partial charge in [0.2, 0.25) is 0 Å². The Morgan fingerprint density at radius 1 is 1.12 bits per heavy atom. The van der Waals surface area contributed by atoms with E-state index in [0.29, 0.717) is 0 Å². The van der Waals surface area contributed by atoms with Crippen LogP contribution in [-0.4, -0.2) is 42.1 Å². The van der Waals surface area contributed by atoms with Crippen molar-refractivity contribution in [3.05, 3.63) is 96.3 Å². The quantitative estimate of drug-likeness (QED) is 0.434. The summed E-state index contributed by atoms with van der Waals surface area (Å²) in [4.78, 5) is 12.2. The first kappa shape index (κ1) is 24.5. The van der Waals surface area contributed by atoms with Crippen LogP contribution in [0.5, 0.6) is 0 Å². The third-order valence-electron chi connectivity index (χ3n) is 5.50. The van der Waals surface area contributed by atoms with Crippen LogP contribution in [0, 0.1) is 0 Å². The van der Waals surface area contributed by atoms with Crippen LogP contribution >= 0.6 is 11.8 Å². The molecule has 0 saturated carbocycles. The van der Waals surface area contributed by atoms with Gasteiger partial charge in [-0.25, -0.2) is 4.98 Å². The van der Waals surface area contributed by atoms with E-state index in [9.17, 15) is 0 Å². The maximum atomic E-state index is 4.40. The third kappa shape index (κ3) is 6.67. The number of nitrogens with one attached hydrogen (secondary N) is 1. The number of fused-ring (bicyclic) bond motifs is 1. The van der Waals surface area contributed by atoms with Crippen LogP contribution in [0.4, 0.5) is 5.82 Å².